The molecule has 0 fully saturated rings. The quantitative estimate of drug-likeness (QED) is 0.293. The van der Waals surface area contributed by atoms with Crippen molar-refractivity contribution in [1.82, 2.24) is 9.55 Å². The van der Waals surface area contributed by atoms with Gasteiger partial charge in [-0.1, -0.05) is 25.1 Å². The summed E-state index contributed by atoms with van der Waals surface area (Å²) in [6, 6.07) is 11.3. The van der Waals surface area contributed by atoms with Crippen LogP contribution in [0.25, 0.3) is 10.9 Å². The molecule has 0 N–H and O–H groups in total. The number of fused-ring (bicyclic) bond motifs is 1. The van der Waals surface area contributed by atoms with Crippen molar-refractivity contribution in [3.8, 4) is 0 Å². The Morgan fingerprint density at radius 3 is 2.56 bits per heavy atom. The van der Waals surface area contributed by atoms with Crippen molar-refractivity contribution in [2.24, 2.45) is 0 Å². The molecule has 180 valence electrons. The van der Waals surface area contributed by atoms with Crippen molar-refractivity contribution in [3.63, 3.8) is 0 Å². The van der Waals surface area contributed by atoms with Crippen LogP contribution in [0.3, 0.4) is 0 Å². The summed E-state index contributed by atoms with van der Waals surface area (Å²) < 4.78 is 11.3. The highest BCUT2D eigenvalue weighted by atomic mass is 79.9. The van der Waals surface area contributed by atoms with Gasteiger partial charge in [0.2, 0.25) is 0 Å². The van der Waals surface area contributed by atoms with Crippen LogP contribution in [-0.2, 0) is 25.6 Å². The molecule has 3 aromatic rings. The number of benzene rings is 1. The molecular formula is C25H27BrN2O5S. The monoisotopic (exact) mass is 546 g/mol. The fourth-order valence-electron chi connectivity index (χ4n) is 3.86. The van der Waals surface area contributed by atoms with E-state index in [4.69, 9.17) is 9.47 Å². The Morgan fingerprint density at radius 1 is 1.24 bits per heavy atom. The minimum absolute atomic E-state index is 0.174. The van der Waals surface area contributed by atoms with Gasteiger partial charge in [0.05, 0.1) is 25.3 Å². The van der Waals surface area contributed by atoms with E-state index in [0.29, 0.717) is 11.0 Å². The van der Waals surface area contributed by atoms with E-state index in [0.717, 1.165) is 16.5 Å². The predicted molar refractivity (Wildman–Crippen MR) is 137 cm³/mol. The summed E-state index contributed by atoms with van der Waals surface area (Å²) in [5, 5.41) is 0.933. The van der Waals surface area contributed by atoms with Gasteiger partial charge in [-0.3, -0.25) is 9.59 Å². The molecule has 0 spiro atoms. The van der Waals surface area contributed by atoms with Gasteiger partial charge in [-0.05, 0) is 60.7 Å². The second-order valence-electron chi connectivity index (χ2n) is 8.00. The number of carbonyl (C=O) groups excluding carboxylic acids is 2. The number of carbonyl (C=O) groups is 2. The third-order valence-electron chi connectivity index (χ3n) is 5.60. The number of halogens is 1. The number of hydrogen-bond acceptors (Lipinski definition) is 7. The van der Waals surface area contributed by atoms with Crippen molar-refractivity contribution in [2.45, 2.75) is 44.6 Å². The summed E-state index contributed by atoms with van der Waals surface area (Å²) >= 11 is 4.73. The molecule has 0 radical (unpaired) electrons. The van der Waals surface area contributed by atoms with Crippen LogP contribution in [0.5, 0.6) is 0 Å². The topological polar surface area (TPSA) is 87.5 Å². The number of para-hydroxylation sites is 1. The summed E-state index contributed by atoms with van der Waals surface area (Å²) in [6.45, 7) is 5.51. The second kappa shape index (κ2) is 10.7. The molecular weight excluding hydrogens is 520 g/mol. The molecule has 1 aromatic carbocycles. The average Bonchev–Trinajstić information content (AvgIpc) is 2.81. The summed E-state index contributed by atoms with van der Waals surface area (Å²) in [4.78, 5) is 44.1. The Morgan fingerprint density at radius 2 is 1.94 bits per heavy atom. The number of thioether (sulfide) groups is 1. The number of hydrogen-bond donors (Lipinski definition) is 0. The molecule has 0 aliphatic carbocycles. The van der Waals surface area contributed by atoms with E-state index in [1.165, 1.54) is 23.4 Å². The number of aromatic nitrogens is 2. The predicted octanol–water partition coefficient (Wildman–Crippen LogP) is 4.91. The van der Waals surface area contributed by atoms with Gasteiger partial charge in [-0.2, -0.15) is 0 Å². The largest absolute Gasteiger partial charge is 0.465 e. The lowest BCUT2D eigenvalue weighted by Crippen LogP contribution is -2.40. The van der Waals surface area contributed by atoms with Gasteiger partial charge < -0.3 is 14.0 Å². The van der Waals surface area contributed by atoms with E-state index in [9.17, 15) is 14.4 Å². The van der Waals surface area contributed by atoms with E-state index in [2.05, 4.69) is 20.9 Å². The van der Waals surface area contributed by atoms with Crippen molar-refractivity contribution in [1.29, 1.82) is 0 Å². The molecule has 1 atom stereocenters. The molecule has 2 aromatic heterocycles. The van der Waals surface area contributed by atoms with Crippen molar-refractivity contribution >= 4 is 50.5 Å². The van der Waals surface area contributed by atoms with Gasteiger partial charge in [-0.15, -0.1) is 11.8 Å². The van der Waals surface area contributed by atoms with Gasteiger partial charge in [0, 0.05) is 22.7 Å². The van der Waals surface area contributed by atoms with Gasteiger partial charge in [0.1, 0.15) is 14.9 Å². The highest BCUT2D eigenvalue weighted by Gasteiger charge is 2.44. The zero-order valence-corrected chi connectivity index (χ0v) is 22.2. The zero-order valence-electron chi connectivity index (χ0n) is 19.8. The Labute approximate surface area is 211 Å². The van der Waals surface area contributed by atoms with Crippen molar-refractivity contribution < 1.29 is 19.1 Å². The highest BCUT2D eigenvalue weighted by Crippen LogP contribution is 2.41. The minimum Gasteiger partial charge on any atom is -0.465 e. The molecule has 0 bridgehead atoms. The third kappa shape index (κ3) is 4.90. The minimum atomic E-state index is -1.23. The molecule has 0 amide bonds. The molecule has 0 saturated heterocycles. The van der Waals surface area contributed by atoms with E-state index in [1.54, 1.807) is 32.4 Å². The number of nitrogens with zero attached hydrogens (tertiary/aromatic N) is 2. The molecule has 2 heterocycles. The van der Waals surface area contributed by atoms with Crippen LogP contribution in [0.2, 0.25) is 0 Å². The summed E-state index contributed by atoms with van der Waals surface area (Å²) in [5.74, 6) is -1.30. The number of pyridine rings is 2. The maximum Gasteiger partial charge on any atom is 0.343 e. The normalized spacial score (nSPS) is 13.0. The number of methoxy groups -OCH3 is 1. The van der Waals surface area contributed by atoms with Crippen LogP contribution in [0.15, 0.2) is 52.0 Å². The first kappa shape index (κ1) is 26.0. The smallest absolute Gasteiger partial charge is 0.343 e. The van der Waals surface area contributed by atoms with E-state index >= 15 is 0 Å². The zero-order chi connectivity index (χ0) is 25.0. The van der Waals surface area contributed by atoms with Gasteiger partial charge in [0.25, 0.3) is 5.56 Å². The molecule has 34 heavy (non-hydrogen) atoms. The van der Waals surface area contributed by atoms with Gasteiger partial charge >= 0.3 is 11.9 Å². The molecule has 3 rings (SSSR count). The Hall–Kier alpha value is -2.65. The van der Waals surface area contributed by atoms with Crippen LogP contribution in [-0.4, -0.2) is 41.0 Å². The number of ether oxygens (including phenoxy) is 2. The van der Waals surface area contributed by atoms with E-state index in [-0.39, 0.29) is 23.8 Å². The Kier molecular flexibility index (Phi) is 8.20. The summed E-state index contributed by atoms with van der Waals surface area (Å²) in [5.41, 5.74) is 1.17. The van der Waals surface area contributed by atoms with Gasteiger partial charge in [-0.25, -0.2) is 9.78 Å². The van der Waals surface area contributed by atoms with Crippen LogP contribution in [0.1, 0.15) is 48.7 Å². The fourth-order valence-corrected chi connectivity index (χ4v) is 5.18. The first-order chi connectivity index (χ1) is 16.2. The standard InChI is InChI=1S/C25H27BrN2O5S/c1-6-25(34-5,24(31)33-15(2)3)18-11-12-28(22(29)20(18)23(30)32-4)14-17-13-16-9-7-8-10-19(16)27-21(17)26/h7-13,15H,6,14H2,1-5H3. The van der Waals surface area contributed by atoms with Crippen LogP contribution in [0.4, 0.5) is 0 Å². The molecule has 0 aliphatic rings. The molecule has 7 nitrogen and oxygen atoms in total. The second-order valence-corrected chi connectivity index (χ2v) is 9.86. The lowest BCUT2D eigenvalue weighted by molar-refractivity contribution is -0.150. The van der Waals surface area contributed by atoms with Crippen molar-refractivity contribution in [2.75, 3.05) is 13.4 Å². The van der Waals surface area contributed by atoms with Crippen LogP contribution >= 0.6 is 27.7 Å². The first-order valence-electron chi connectivity index (χ1n) is 10.8. The summed E-state index contributed by atoms with van der Waals surface area (Å²) in [6.07, 6.45) is 3.34. The van der Waals surface area contributed by atoms with E-state index in [1.807, 2.05) is 37.3 Å². The lowest BCUT2D eigenvalue weighted by Gasteiger charge is -2.31. The molecule has 9 heteroatoms. The maximum atomic E-state index is 13.6. The Bertz CT molecular complexity index is 1280. The number of rotatable bonds is 8. The SMILES string of the molecule is CCC(SC)(C(=O)OC(C)C)c1ccn(Cc2cc3ccccc3nc2Br)c(=O)c1C(=O)OC. The first-order valence-corrected chi connectivity index (χ1v) is 12.8. The van der Waals surface area contributed by atoms with Crippen LogP contribution < -0.4 is 5.56 Å². The lowest BCUT2D eigenvalue weighted by atomic mass is 9.91. The van der Waals surface area contributed by atoms with Crippen molar-refractivity contribution in [3.05, 3.63) is 74.2 Å². The van der Waals surface area contributed by atoms with E-state index < -0.39 is 22.2 Å². The maximum absolute atomic E-state index is 13.6. The Balaban J connectivity index is 2.17. The number of esters is 2. The average molecular weight is 547 g/mol. The highest BCUT2D eigenvalue weighted by molar-refractivity contribution is 9.10. The summed E-state index contributed by atoms with van der Waals surface area (Å²) in [7, 11) is 1.21. The molecule has 0 saturated carbocycles. The molecule has 0 aliphatic heterocycles. The van der Waals surface area contributed by atoms with Gasteiger partial charge in [0.15, 0.2) is 0 Å². The third-order valence-corrected chi connectivity index (χ3v) is 7.66. The fraction of sp³-hybridized carbons (Fsp3) is 0.360. The molecule has 1 unspecified atom stereocenters. The van der Waals surface area contributed by atoms with Crippen LogP contribution in [0, 0.1) is 0 Å².